The van der Waals surface area contributed by atoms with Crippen molar-refractivity contribution < 1.29 is 24.6 Å². The molecular formula is C10H8ClNO5. The molecule has 1 amide bonds. The lowest BCUT2D eigenvalue weighted by Gasteiger charge is -2.10. The fourth-order valence-electron chi connectivity index (χ4n) is 1.20. The molecule has 0 unspecified atom stereocenters. The fraction of sp³-hybridized carbons (Fsp3) is 0.100. The number of carbonyl (C=O) groups excluding carboxylic acids is 2. The van der Waals surface area contributed by atoms with E-state index in [0.717, 1.165) is 13.0 Å². The SMILES string of the molecule is CC(=O)Nc1c(O)ccc(Cl)c1C(=O)C(=O)O. The van der Waals surface area contributed by atoms with Crippen LogP contribution in [0.2, 0.25) is 5.02 Å². The lowest BCUT2D eigenvalue weighted by atomic mass is 10.1. The smallest absolute Gasteiger partial charge is 0.377 e. The van der Waals surface area contributed by atoms with Gasteiger partial charge in [-0.2, -0.15) is 0 Å². The molecule has 1 aromatic carbocycles. The monoisotopic (exact) mass is 257 g/mol. The molecule has 3 N–H and O–H groups in total. The van der Waals surface area contributed by atoms with Crippen molar-refractivity contribution in [3.05, 3.63) is 22.7 Å². The second-order valence-electron chi connectivity index (χ2n) is 3.13. The highest BCUT2D eigenvalue weighted by Gasteiger charge is 2.24. The van der Waals surface area contributed by atoms with Crippen molar-refractivity contribution in [2.75, 3.05) is 5.32 Å². The van der Waals surface area contributed by atoms with Gasteiger partial charge in [0.25, 0.3) is 5.78 Å². The number of aromatic hydroxyl groups is 1. The summed E-state index contributed by atoms with van der Waals surface area (Å²) >= 11 is 5.68. The molecule has 0 saturated carbocycles. The van der Waals surface area contributed by atoms with Gasteiger partial charge in [-0.25, -0.2) is 4.79 Å². The third-order valence-corrected chi connectivity index (χ3v) is 2.17. The highest BCUT2D eigenvalue weighted by molar-refractivity contribution is 6.46. The number of amides is 1. The maximum atomic E-state index is 11.4. The first kappa shape index (κ1) is 13.0. The van der Waals surface area contributed by atoms with Crippen molar-refractivity contribution in [1.82, 2.24) is 0 Å². The minimum atomic E-state index is -1.73. The zero-order chi connectivity index (χ0) is 13.2. The number of rotatable bonds is 3. The summed E-state index contributed by atoms with van der Waals surface area (Å²) < 4.78 is 0. The molecule has 1 aromatic rings. The Labute approximate surface area is 101 Å². The summed E-state index contributed by atoms with van der Waals surface area (Å²) in [6.45, 7) is 1.15. The lowest BCUT2D eigenvalue weighted by molar-refractivity contribution is -0.131. The number of Topliss-reactive ketones (excluding diaryl/α,β-unsaturated/α-hetero) is 1. The Bertz CT molecular complexity index is 512. The van der Waals surface area contributed by atoms with Gasteiger partial charge in [-0.3, -0.25) is 9.59 Å². The molecule has 0 radical (unpaired) electrons. The molecule has 7 heteroatoms. The number of phenols is 1. The third-order valence-electron chi connectivity index (χ3n) is 1.85. The molecule has 0 saturated heterocycles. The number of hydrogen-bond acceptors (Lipinski definition) is 4. The molecule has 17 heavy (non-hydrogen) atoms. The predicted octanol–water partition coefficient (Wildman–Crippen LogP) is 1.27. The van der Waals surface area contributed by atoms with Crippen molar-refractivity contribution in [3.63, 3.8) is 0 Å². The van der Waals surface area contributed by atoms with E-state index in [2.05, 4.69) is 5.32 Å². The van der Waals surface area contributed by atoms with Crippen LogP contribution < -0.4 is 5.32 Å². The van der Waals surface area contributed by atoms with Gasteiger partial charge in [0.05, 0.1) is 16.3 Å². The average Bonchev–Trinajstić information content (AvgIpc) is 2.22. The number of carboxylic acids is 1. The lowest BCUT2D eigenvalue weighted by Crippen LogP contribution is -2.17. The largest absolute Gasteiger partial charge is 0.506 e. The van der Waals surface area contributed by atoms with Gasteiger partial charge >= 0.3 is 5.97 Å². The van der Waals surface area contributed by atoms with Gasteiger partial charge in [0.1, 0.15) is 5.75 Å². The summed E-state index contributed by atoms with van der Waals surface area (Å²) in [5.74, 6) is -4.05. The van der Waals surface area contributed by atoms with E-state index < -0.39 is 29.0 Å². The minimum Gasteiger partial charge on any atom is -0.506 e. The molecular weight excluding hydrogens is 250 g/mol. The van der Waals surface area contributed by atoms with Crippen molar-refractivity contribution in [3.8, 4) is 5.75 Å². The van der Waals surface area contributed by atoms with Crippen molar-refractivity contribution in [2.24, 2.45) is 0 Å². The van der Waals surface area contributed by atoms with Crippen LogP contribution in [0.1, 0.15) is 17.3 Å². The van der Waals surface area contributed by atoms with E-state index in [1.54, 1.807) is 0 Å². The maximum absolute atomic E-state index is 11.4. The number of anilines is 1. The summed E-state index contributed by atoms with van der Waals surface area (Å²) in [4.78, 5) is 32.9. The summed E-state index contributed by atoms with van der Waals surface area (Å²) in [6.07, 6.45) is 0. The van der Waals surface area contributed by atoms with Crippen LogP contribution in [0.3, 0.4) is 0 Å². The van der Waals surface area contributed by atoms with Gasteiger partial charge in [0.2, 0.25) is 5.91 Å². The fourth-order valence-corrected chi connectivity index (χ4v) is 1.44. The molecule has 6 nitrogen and oxygen atoms in total. The van der Waals surface area contributed by atoms with Crippen LogP contribution in [-0.4, -0.2) is 27.9 Å². The number of ketones is 1. The third kappa shape index (κ3) is 2.73. The van der Waals surface area contributed by atoms with Gasteiger partial charge < -0.3 is 15.5 Å². The van der Waals surface area contributed by atoms with E-state index in [0.29, 0.717) is 0 Å². The number of benzene rings is 1. The van der Waals surface area contributed by atoms with Crippen molar-refractivity contribution >= 4 is 34.9 Å². The molecule has 0 bridgehead atoms. The minimum absolute atomic E-state index is 0.168. The van der Waals surface area contributed by atoms with Crippen LogP contribution in [0, 0.1) is 0 Å². The van der Waals surface area contributed by atoms with E-state index in [-0.39, 0.29) is 10.7 Å². The topological polar surface area (TPSA) is 104 Å². The molecule has 0 aliphatic rings. The zero-order valence-corrected chi connectivity index (χ0v) is 9.41. The molecule has 0 aliphatic heterocycles. The van der Waals surface area contributed by atoms with E-state index in [9.17, 15) is 19.5 Å². The van der Waals surface area contributed by atoms with E-state index in [1.165, 1.54) is 6.07 Å². The molecule has 0 aliphatic carbocycles. The summed E-state index contributed by atoms with van der Waals surface area (Å²) in [7, 11) is 0. The highest BCUT2D eigenvalue weighted by Crippen LogP contribution is 2.33. The van der Waals surface area contributed by atoms with Crippen LogP contribution in [0.4, 0.5) is 5.69 Å². The first-order valence-corrected chi connectivity index (χ1v) is 4.79. The summed E-state index contributed by atoms with van der Waals surface area (Å²) in [6, 6.07) is 2.31. The van der Waals surface area contributed by atoms with E-state index >= 15 is 0 Å². The van der Waals surface area contributed by atoms with Crippen molar-refractivity contribution in [1.29, 1.82) is 0 Å². The van der Waals surface area contributed by atoms with Crippen LogP contribution in [-0.2, 0) is 9.59 Å². The number of carbonyl (C=O) groups is 3. The number of phenolic OH excluding ortho intramolecular Hbond substituents is 1. The highest BCUT2D eigenvalue weighted by atomic mass is 35.5. The Morgan fingerprint density at radius 1 is 1.29 bits per heavy atom. The molecule has 90 valence electrons. The first-order chi connectivity index (χ1) is 7.84. The first-order valence-electron chi connectivity index (χ1n) is 4.41. The Morgan fingerprint density at radius 3 is 2.35 bits per heavy atom. The molecule has 0 fully saturated rings. The van der Waals surface area contributed by atoms with Crippen LogP contribution in [0.25, 0.3) is 0 Å². The van der Waals surface area contributed by atoms with Gasteiger partial charge in [0, 0.05) is 6.92 Å². The number of aliphatic carboxylic acids is 1. The second-order valence-corrected chi connectivity index (χ2v) is 3.54. The Hall–Kier alpha value is -2.08. The number of carboxylic acid groups (broad SMARTS) is 1. The van der Waals surface area contributed by atoms with Crippen LogP contribution in [0.5, 0.6) is 5.75 Å². The zero-order valence-electron chi connectivity index (χ0n) is 8.65. The Morgan fingerprint density at radius 2 is 1.88 bits per heavy atom. The normalized spacial score (nSPS) is 9.76. The standard InChI is InChI=1S/C10H8ClNO5/c1-4(13)12-8-6(14)3-2-5(11)7(8)9(15)10(16)17/h2-3,14H,1H3,(H,12,13)(H,16,17). The summed E-state index contributed by atoms with van der Waals surface area (Å²) in [5, 5.41) is 20.1. The van der Waals surface area contributed by atoms with E-state index in [4.69, 9.17) is 16.7 Å². The second kappa shape index (κ2) is 4.84. The number of nitrogens with one attached hydrogen (secondary N) is 1. The maximum Gasteiger partial charge on any atom is 0.377 e. The Kier molecular flexibility index (Phi) is 3.69. The molecule has 0 spiro atoms. The quantitative estimate of drug-likeness (QED) is 0.430. The molecule has 0 atom stereocenters. The predicted molar refractivity (Wildman–Crippen MR) is 59.4 cm³/mol. The Balaban J connectivity index is 3.44. The molecule has 0 aromatic heterocycles. The van der Waals surface area contributed by atoms with E-state index in [1.807, 2.05) is 0 Å². The molecule has 0 heterocycles. The molecule has 1 rings (SSSR count). The van der Waals surface area contributed by atoms with Gasteiger partial charge in [0.15, 0.2) is 0 Å². The summed E-state index contributed by atoms with van der Waals surface area (Å²) in [5.41, 5.74) is -0.758. The van der Waals surface area contributed by atoms with Gasteiger partial charge in [-0.05, 0) is 12.1 Å². The number of halogens is 1. The van der Waals surface area contributed by atoms with Crippen LogP contribution in [0.15, 0.2) is 12.1 Å². The van der Waals surface area contributed by atoms with Gasteiger partial charge in [-0.15, -0.1) is 0 Å². The van der Waals surface area contributed by atoms with Crippen LogP contribution >= 0.6 is 11.6 Å². The van der Waals surface area contributed by atoms with Gasteiger partial charge in [-0.1, -0.05) is 11.6 Å². The average molecular weight is 258 g/mol. The number of hydrogen-bond donors (Lipinski definition) is 3. The van der Waals surface area contributed by atoms with Crippen molar-refractivity contribution in [2.45, 2.75) is 6.92 Å².